The number of carbonyl (C=O) groups excluding carboxylic acids is 1. The number of amides is 1. The van der Waals surface area contributed by atoms with Gasteiger partial charge in [0, 0.05) is 31.9 Å². The summed E-state index contributed by atoms with van der Waals surface area (Å²) in [6.45, 7) is 5.27. The Labute approximate surface area is 162 Å². The third kappa shape index (κ3) is 3.89. The number of aromatic hydroxyl groups is 1. The number of phenolic OH excluding ortho intramolecular Hbond substituents is 1. The molecule has 7 heteroatoms. The molecule has 2 N–H and O–H groups in total. The smallest absolute Gasteiger partial charge is 0.243 e. The highest BCUT2D eigenvalue weighted by Crippen LogP contribution is 2.26. The van der Waals surface area contributed by atoms with Gasteiger partial charge in [-0.15, -0.1) is 0 Å². The van der Waals surface area contributed by atoms with E-state index < -0.39 is 0 Å². The Hall–Kier alpha value is -2.64. The first-order valence-electron chi connectivity index (χ1n) is 9.04. The highest BCUT2D eigenvalue weighted by atomic mass is 32.1. The van der Waals surface area contributed by atoms with Gasteiger partial charge >= 0.3 is 0 Å². The molecule has 3 aromatic rings. The van der Waals surface area contributed by atoms with Crippen molar-refractivity contribution in [3.05, 3.63) is 48.5 Å². The molecular formula is C20H22N4O2S. The number of anilines is 2. The molecule has 27 heavy (non-hydrogen) atoms. The lowest BCUT2D eigenvalue weighted by Crippen LogP contribution is -2.52. The molecule has 140 valence electrons. The van der Waals surface area contributed by atoms with E-state index in [1.807, 2.05) is 43.3 Å². The van der Waals surface area contributed by atoms with Crippen LogP contribution >= 0.6 is 11.3 Å². The number of nitrogens with zero attached hydrogens (tertiary/aromatic N) is 3. The van der Waals surface area contributed by atoms with E-state index in [2.05, 4.69) is 20.1 Å². The maximum atomic E-state index is 12.6. The average Bonchev–Trinajstić information content (AvgIpc) is 3.10. The van der Waals surface area contributed by atoms with Crippen molar-refractivity contribution in [2.75, 3.05) is 36.4 Å². The quantitative estimate of drug-likeness (QED) is 0.725. The number of hydrogen-bond donors (Lipinski definition) is 2. The van der Waals surface area contributed by atoms with E-state index in [1.54, 1.807) is 12.1 Å². The molecular weight excluding hydrogens is 360 g/mol. The summed E-state index contributed by atoms with van der Waals surface area (Å²) >= 11 is 1.50. The predicted molar refractivity (Wildman–Crippen MR) is 110 cm³/mol. The van der Waals surface area contributed by atoms with Crippen molar-refractivity contribution in [2.45, 2.75) is 13.0 Å². The van der Waals surface area contributed by atoms with Crippen LogP contribution in [0.3, 0.4) is 0 Å². The minimum atomic E-state index is -0.209. The molecule has 0 aliphatic carbocycles. The molecule has 1 aliphatic rings. The lowest BCUT2D eigenvalue weighted by molar-refractivity contribution is -0.120. The fourth-order valence-corrected chi connectivity index (χ4v) is 4.20. The van der Waals surface area contributed by atoms with Crippen LogP contribution in [0.1, 0.15) is 6.92 Å². The Morgan fingerprint density at radius 1 is 1.11 bits per heavy atom. The average molecular weight is 382 g/mol. The van der Waals surface area contributed by atoms with Crippen LogP contribution in [-0.4, -0.2) is 53.1 Å². The summed E-state index contributed by atoms with van der Waals surface area (Å²) in [6.07, 6.45) is 0. The molecule has 2 aromatic carbocycles. The number of para-hydroxylation sites is 1. The SMILES string of the molecule is CC(C(=O)Nc1nc2ccccc2s1)N1CCN(c2ccc(O)cc2)CC1. The second kappa shape index (κ2) is 7.54. The number of nitrogens with one attached hydrogen (secondary N) is 1. The molecule has 2 heterocycles. The van der Waals surface area contributed by atoms with Crippen LogP contribution < -0.4 is 10.2 Å². The van der Waals surface area contributed by atoms with Gasteiger partial charge in [0.15, 0.2) is 5.13 Å². The summed E-state index contributed by atoms with van der Waals surface area (Å²) < 4.78 is 1.07. The molecule has 0 bridgehead atoms. The van der Waals surface area contributed by atoms with Crippen molar-refractivity contribution in [3.63, 3.8) is 0 Å². The van der Waals surface area contributed by atoms with Gasteiger partial charge in [-0.2, -0.15) is 0 Å². The minimum Gasteiger partial charge on any atom is -0.508 e. The van der Waals surface area contributed by atoms with Crippen molar-refractivity contribution >= 4 is 38.3 Å². The topological polar surface area (TPSA) is 68.7 Å². The van der Waals surface area contributed by atoms with E-state index >= 15 is 0 Å². The summed E-state index contributed by atoms with van der Waals surface area (Å²) in [7, 11) is 0. The maximum absolute atomic E-state index is 12.6. The number of piperazine rings is 1. The molecule has 1 aromatic heterocycles. The van der Waals surface area contributed by atoms with E-state index in [1.165, 1.54) is 11.3 Å². The standard InChI is InChI=1S/C20H22N4O2S/c1-14(19(26)22-20-21-17-4-2-3-5-18(17)27-20)23-10-12-24(13-11-23)15-6-8-16(25)9-7-15/h2-9,14,25H,10-13H2,1H3,(H,21,22,26). The van der Waals surface area contributed by atoms with Crippen LogP contribution in [-0.2, 0) is 4.79 Å². The molecule has 0 spiro atoms. The van der Waals surface area contributed by atoms with E-state index in [0.29, 0.717) is 5.13 Å². The van der Waals surface area contributed by atoms with Crippen LogP contribution in [0.2, 0.25) is 0 Å². The minimum absolute atomic E-state index is 0.0212. The number of fused-ring (bicyclic) bond motifs is 1. The van der Waals surface area contributed by atoms with Crippen LogP contribution in [0.4, 0.5) is 10.8 Å². The Balaban J connectivity index is 1.34. The number of aromatic nitrogens is 1. The second-order valence-electron chi connectivity index (χ2n) is 6.69. The number of rotatable bonds is 4. The van der Waals surface area contributed by atoms with Gasteiger partial charge in [-0.05, 0) is 43.3 Å². The first-order chi connectivity index (χ1) is 13.1. The van der Waals surface area contributed by atoms with Crippen LogP contribution in [0.15, 0.2) is 48.5 Å². The molecule has 1 atom stereocenters. The van der Waals surface area contributed by atoms with Gasteiger partial charge in [0.1, 0.15) is 5.75 Å². The maximum Gasteiger partial charge on any atom is 0.243 e. The highest BCUT2D eigenvalue weighted by molar-refractivity contribution is 7.22. The van der Waals surface area contributed by atoms with Gasteiger partial charge in [-0.25, -0.2) is 4.98 Å². The predicted octanol–water partition coefficient (Wildman–Crippen LogP) is 3.15. The van der Waals surface area contributed by atoms with Gasteiger partial charge in [-0.1, -0.05) is 23.5 Å². The molecule has 1 aliphatic heterocycles. The van der Waals surface area contributed by atoms with E-state index in [4.69, 9.17) is 0 Å². The second-order valence-corrected chi connectivity index (χ2v) is 7.72. The monoisotopic (exact) mass is 382 g/mol. The number of benzene rings is 2. The number of carbonyl (C=O) groups is 1. The van der Waals surface area contributed by atoms with Crippen molar-refractivity contribution in [2.24, 2.45) is 0 Å². The van der Waals surface area contributed by atoms with Gasteiger partial charge in [-0.3, -0.25) is 9.69 Å². The van der Waals surface area contributed by atoms with Crippen LogP contribution in [0, 0.1) is 0 Å². The molecule has 1 fully saturated rings. The molecule has 4 rings (SSSR count). The Morgan fingerprint density at radius 2 is 1.81 bits per heavy atom. The van der Waals surface area contributed by atoms with Gasteiger partial charge in [0.2, 0.25) is 5.91 Å². The van der Waals surface area contributed by atoms with E-state index in [-0.39, 0.29) is 17.7 Å². The molecule has 1 amide bonds. The van der Waals surface area contributed by atoms with E-state index in [0.717, 1.165) is 42.1 Å². The lowest BCUT2D eigenvalue weighted by atomic mass is 10.2. The third-order valence-corrected chi connectivity index (χ3v) is 5.93. The first-order valence-corrected chi connectivity index (χ1v) is 9.86. The largest absolute Gasteiger partial charge is 0.508 e. The molecule has 1 unspecified atom stereocenters. The highest BCUT2D eigenvalue weighted by Gasteiger charge is 2.26. The number of thiazole rings is 1. The molecule has 0 radical (unpaired) electrons. The van der Waals surface area contributed by atoms with Gasteiger partial charge < -0.3 is 15.3 Å². The molecule has 0 saturated carbocycles. The normalized spacial score (nSPS) is 16.4. The van der Waals surface area contributed by atoms with Crippen LogP contribution in [0.25, 0.3) is 10.2 Å². The van der Waals surface area contributed by atoms with Gasteiger partial charge in [0.05, 0.1) is 16.3 Å². The summed E-state index contributed by atoms with van der Waals surface area (Å²) in [5, 5.41) is 13.0. The number of phenols is 1. The van der Waals surface area contributed by atoms with Crippen molar-refractivity contribution in [3.8, 4) is 5.75 Å². The first kappa shape index (κ1) is 17.8. The number of hydrogen-bond acceptors (Lipinski definition) is 6. The van der Waals surface area contributed by atoms with E-state index in [9.17, 15) is 9.90 Å². The zero-order valence-electron chi connectivity index (χ0n) is 15.1. The Kier molecular flexibility index (Phi) is 4.96. The fraction of sp³-hybridized carbons (Fsp3) is 0.300. The van der Waals surface area contributed by atoms with Gasteiger partial charge in [0.25, 0.3) is 0 Å². The summed E-state index contributed by atoms with van der Waals surface area (Å²) in [5.41, 5.74) is 2.01. The summed E-state index contributed by atoms with van der Waals surface area (Å²) in [6, 6.07) is 14.9. The van der Waals surface area contributed by atoms with Crippen molar-refractivity contribution in [1.82, 2.24) is 9.88 Å². The molecule has 6 nitrogen and oxygen atoms in total. The fourth-order valence-electron chi connectivity index (χ4n) is 3.33. The van der Waals surface area contributed by atoms with Crippen molar-refractivity contribution < 1.29 is 9.90 Å². The third-order valence-electron chi connectivity index (χ3n) is 4.98. The lowest BCUT2D eigenvalue weighted by Gasteiger charge is -2.38. The Morgan fingerprint density at radius 3 is 2.52 bits per heavy atom. The zero-order chi connectivity index (χ0) is 18.8. The molecule has 1 saturated heterocycles. The summed E-state index contributed by atoms with van der Waals surface area (Å²) in [4.78, 5) is 21.6. The zero-order valence-corrected chi connectivity index (χ0v) is 15.9. The van der Waals surface area contributed by atoms with Crippen LogP contribution in [0.5, 0.6) is 5.75 Å². The summed E-state index contributed by atoms with van der Waals surface area (Å²) in [5.74, 6) is 0.254. The Bertz CT molecular complexity index is 900. The van der Waals surface area contributed by atoms with Crippen molar-refractivity contribution in [1.29, 1.82) is 0 Å².